The zero-order chi connectivity index (χ0) is 31.4. The number of rotatable bonds is 8. The number of methoxy groups -OCH3 is 1. The number of fused-ring (bicyclic) bond motifs is 1. The van der Waals surface area contributed by atoms with Crippen LogP contribution in [0.25, 0.3) is 22.9 Å². The average molecular weight is 606 g/mol. The minimum atomic E-state index is -3.51. The highest BCUT2D eigenvalue weighted by molar-refractivity contribution is 7.89. The fourth-order valence-corrected chi connectivity index (χ4v) is 6.84. The van der Waals surface area contributed by atoms with Crippen molar-refractivity contribution in [3.63, 3.8) is 0 Å². The van der Waals surface area contributed by atoms with Gasteiger partial charge in [0.25, 0.3) is 0 Å². The highest BCUT2D eigenvalue weighted by Gasteiger charge is 2.21. The summed E-state index contributed by atoms with van der Waals surface area (Å²) >= 11 is 0. The summed E-state index contributed by atoms with van der Waals surface area (Å²) < 4.78 is 33.0. The van der Waals surface area contributed by atoms with Gasteiger partial charge in [0.15, 0.2) is 5.71 Å². The third-order valence-corrected chi connectivity index (χ3v) is 9.88. The van der Waals surface area contributed by atoms with Gasteiger partial charge in [-0.05, 0) is 95.8 Å². The van der Waals surface area contributed by atoms with Crippen LogP contribution >= 0.6 is 0 Å². The molecule has 224 valence electrons. The topological polar surface area (TPSA) is 79.2 Å². The molecule has 0 aliphatic heterocycles. The lowest BCUT2D eigenvalue weighted by Crippen LogP contribution is -2.30. The van der Waals surface area contributed by atoms with Crippen molar-refractivity contribution in [1.29, 1.82) is 0 Å². The molecule has 4 aromatic rings. The molecule has 0 unspecified atom stereocenters. The summed E-state index contributed by atoms with van der Waals surface area (Å²) in [6, 6.07) is 18.8. The summed E-state index contributed by atoms with van der Waals surface area (Å²) in [5, 5.41) is 14.8. The molecule has 4 aromatic carbocycles. The molecule has 0 bridgehead atoms. The van der Waals surface area contributed by atoms with Crippen molar-refractivity contribution in [1.82, 2.24) is 4.31 Å². The van der Waals surface area contributed by atoms with Gasteiger partial charge in [-0.3, -0.25) is 0 Å². The van der Waals surface area contributed by atoms with E-state index in [-0.39, 0.29) is 10.6 Å². The maximum atomic E-state index is 12.9. The predicted octanol–water partition coefficient (Wildman–Crippen LogP) is 6.26. The zero-order valence-corrected chi connectivity index (χ0v) is 26.5. The SMILES string of the molecule is CCN(CC)S(=O)(=O)c1ccc(C=c2cc(OC)c(=Cc3c(C)cc4cc(N=C5C=C[CH+]C=C5)ccc4c3O)cc2C)cc1. The van der Waals surface area contributed by atoms with E-state index in [0.29, 0.717) is 18.8 Å². The van der Waals surface area contributed by atoms with Gasteiger partial charge < -0.3 is 9.84 Å². The molecule has 0 spiro atoms. The number of aliphatic imine (C=N–C) groups is 1. The second-order valence-corrected chi connectivity index (χ2v) is 12.6. The Bertz CT molecular complexity index is 2020. The standard InChI is InChI=1S/C37H36N2O4S/c1-6-39(7-2)44(41,42)33-16-13-27(14-17-33)21-28-24-36(43-5)30(19-25(28)3)23-35-26(4)20-29-22-32(15-18-34(29)37(35)40)38-31-11-9-8-10-12-31/h8-24H,6-7H2,1-5H3/p+1. The van der Waals surface area contributed by atoms with Crippen molar-refractivity contribution in [2.24, 2.45) is 4.99 Å². The van der Waals surface area contributed by atoms with Crippen LogP contribution in [0, 0.1) is 20.3 Å². The van der Waals surface area contributed by atoms with Crippen molar-refractivity contribution in [2.75, 3.05) is 20.2 Å². The lowest BCUT2D eigenvalue weighted by Gasteiger charge is -2.18. The largest absolute Gasteiger partial charge is 0.507 e. The fourth-order valence-electron chi connectivity index (χ4n) is 5.39. The van der Waals surface area contributed by atoms with E-state index in [1.54, 1.807) is 19.2 Å². The number of hydrogen-bond acceptors (Lipinski definition) is 5. The number of phenols is 1. The zero-order valence-electron chi connectivity index (χ0n) is 25.7. The molecule has 1 N–H and O–H groups in total. The van der Waals surface area contributed by atoms with Gasteiger partial charge in [-0.15, -0.1) is 0 Å². The maximum absolute atomic E-state index is 12.9. The van der Waals surface area contributed by atoms with Crippen LogP contribution in [0.5, 0.6) is 11.5 Å². The lowest BCUT2D eigenvalue weighted by atomic mass is 9.98. The van der Waals surface area contributed by atoms with E-state index in [1.807, 2.05) is 113 Å². The quantitative estimate of drug-likeness (QED) is 0.241. The summed E-state index contributed by atoms with van der Waals surface area (Å²) in [6.07, 6.45) is 13.8. The third-order valence-electron chi connectivity index (χ3n) is 7.82. The van der Waals surface area contributed by atoms with E-state index in [4.69, 9.17) is 9.73 Å². The van der Waals surface area contributed by atoms with Gasteiger partial charge in [-0.25, -0.2) is 13.4 Å². The number of aromatic hydroxyl groups is 1. The van der Waals surface area contributed by atoms with Crippen LogP contribution in [-0.4, -0.2) is 43.7 Å². The van der Waals surface area contributed by atoms with Crippen molar-refractivity contribution < 1.29 is 18.3 Å². The van der Waals surface area contributed by atoms with Gasteiger partial charge in [0.1, 0.15) is 11.5 Å². The molecule has 5 rings (SSSR count). The normalized spacial score (nSPS) is 14.0. The van der Waals surface area contributed by atoms with E-state index >= 15 is 0 Å². The molecule has 0 radical (unpaired) electrons. The third kappa shape index (κ3) is 6.34. The number of benzene rings is 4. The molecule has 0 aromatic heterocycles. The van der Waals surface area contributed by atoms with Gasteiger partial charge in [0.05, 0.1) is 42.0 Å². The van der Waals surface area contributed by atoms with Crippen LogP contribution < -0.4 is 15.2 Å². The highest BCUT2D eigenvalue weighted by Crippen LogP contribution is 2.34. The molecule has 0 atom stereocenters. The first-order valence-electron chi connectivity index (χ1n) is 14.7. The van der Waals surface area contributed by atoms with E-state index in [0.717, 1.165) is 54.9 Å². The maximum Gasteiger partial charge on any atom is 0.243 e. The van der Waals surface area contributed by atoms with Gasteiger partial charge in [-0.1, -0.05) is 32.0 Å². The highest BCUT2D eigenvalue weighted by atomic mass is 32.2. The van der Waals surface area contributed by atoms with Crippen LogP contribution in [-0.2, 0) is 10.0 Å². The molecule has 0 amide bonds. The molecule has 0 fully saturated rings. The average Bonchev–Trinajstić information content (AvgIpc) is 3.01. The van der Waals surface area contributed by atoms with Crippen molar-refractivity contribution in [3.8, 4) is 11.5 Å². The molecule has 0 saturated carbocycles. The monoisotopic (exact) mass is 605 g/mol. The Kier molecular flexibility index (Phi) is 9.09. The first-order chi connectivity index (χ1) is 21.1. The number of aryl methyl sites for hydroxylation is 2. The van der Waals surface area contributed by atoms with Crippen LogP contribution in [0.1, 0.15) is 36.1 Å². The van der Waals surface area contributed by atoms with Crippen molar-refractivity contribution in [2.45, 2.75) is 32.6 Å². The Hall–Kier alpha value is -4.59. The summed E-state index contributed by atoms with van der Waals surface area (Å²) in [5.41, 5.74) is 5.25. The van der Waals surface area contributed by atoms with Gasteiger partial charge in [-0.2, -0.15) is 4.31 Å². The lowest BCUT2D eigenvalue weighted by molar-refractivity contribution is 0.411. The van der Waals surface area contributed by atoms with Gasteiger partial charge in [0, 0.05) is 35.7 Å². The van der Waals surface area contributed by atoms with Gasteiger partial charge >= 0.3 is 0 Å². The Labute approximate surface area is 259 Å². The number of sulfonamides is 1. The Morgan fingerprint density at radius 1 is 0.886 bits per heavy atom. The number of phenolic OH excluding ortho intramolecular Hbond substituents is 1. The first-order valence-corrected chi connectivity index (χ1v) is 16.1. The summed E-state index contributed by atoms with van der Waals surface area (Å²) in [7, 11) is -1.88. The summed E-state index contributed by atoms with van der Waals surface area (Å²) in [5.74, 6) is 0.875. The minimum absolute atomic E-state index is 0.210. The Balaban J connectivity index is 1.51. The molecule has 1 aliphatic carbocycles. The molecule has 7 heteroatoms. The number of hydrogen-bond donors (Lipinski definition) is 1. The molecule has 44 heavy (non-hydrogen) atoms. The summed E-state index contributed by atoms with van der Waals surface area (Å²) in [4.78, 5) is 4.98. The summed E-state index contributed by atoms with van der Waals surface area (Å²) in [6.45, 7) is 8.53. The minimum Gasteiger partial charge on any atom is -0.507 e. The van der Waals surface area contributed by atoms with Crippen LogP contribution in [0.15, 0.2) is 94.9 Å². The van der Waals surface area contributed by atoms with Crippen molar-refractivity contribution in [3.05, 3.63) is 124 Å². The smallest absolute Gasteiger partial charge is 0.243 e. The van der Waals surface area contributed by atoms with Crippen LogP contribution in [0.2, 0.25) is 0 Å². The Morgan fingerprint density at radius 2 is 1.59 bits per heavy atom. The molecular weight excluding hydrogens is 568 g/mol. The van der Waals surface area contributed by atoms with Crippen molar-refractivity contribution >= 4 is 44.3 Å². The van der Waals surface area contributed by atoms with E-state index < -0.39 is 10.0 Å². The van der Waals surface area contributed by atoms with Crippen LogP contribution in [0.3, 0.4) is 0 Å². The second-order valence-electron chi connectivity index (χ2n) is 10.7. The van der Waals surface area contributed by atoms with E-state index in [1.165, 1.54) is 4.31 Å². The first kappa shape index (κ1) is 30.9. The number of allylic oxidation sites excluding steroid dienone is 4. The molecule has 0 saturated heterocycles. The number of nitrogens with zero attached hydrogens (tertiary/aromatic N) is 2. The second kappa shape index (κ2) is 13.0. The fraction of sp³-hybridized carbons (Fsp3) is 0.189. The molecular formula is C37H37N2O4S+. The molecule has 0 heterocycles. The Morgan fingerprint density at radius 3 is 2.25 bits per heavy atom. The predicted molar refractivity (Wildman–Crippen MR) is 181 cm³/mol. The van der Waals surface area contributed by atoms with Gasteiger partial charge in [0.2, 0.25) is 10.0 Å². The number of ether oxygens (including phenoxy) is 1. The van der Waals surface area contributed by atoms with Crippen LogP contribution in [0.4, 0.5) is 5.69 Å². The molecule has 1 aliphatic rings. The van der Waals surface area contributed by atoms with E-state index in [2.05, 4.69) is 6.07 Å². The van der Waals surface area contributed by atoms with E-state index in [9.17, 15) is 13.5 Å². The molecule has 6 nitrogen and oxygen atoms in total.